The van der Waals surface area contributed by atoms with Gasteiger partial charge in [0.1, 0.15) is 5.00 Å². The molecule has 0 bridgehead atoms. The van der Waals surface area contributed by atoms with Crippen molar-refractivity contribution in [1.29, 1.82) is 0 Å². The van der Waals surface area contributed by atoms with Gasteiger partial charge in [0.2, 0.25) is 5.91 Å². The number of carbonyl (C=O) groups excluding carboxylic acids is 1. The van der Waals surface area contributed by atoms with Crippen LogP contribution in [0.2, 0.25) is 5.02 Å². The van der Waals surface area contributed by atoms with Crippen LogP contribution in [0.1, 0.15) is 15.9 Å². The average Bonchev–Trinajstić information content (AvgIpc) is 2.87. The van der Waals surface area contributed by atoms with Crippen LogP contribution >= 0.6 is 34.7 Å². The Kier molecular flexibility index (Phi) is 5.67. The van der Waals surface area contributed by atoms with Gasteiger partial charge in [-0.3, -0.25) is 4.79 Å². The van der Waals surface area contributed by atoms with Crippen LogP contribution < -0.4 is 5.32 Å². The summed E-state index contributed by atoms with van der Waals surface area (Å²) < 4.78 is 0. The number of halogens is 1. The van der Waals surface area contributed by atoms with Crippen LogP contribution in [0.5, 0.6) is 0 Å². The van der Waals surface area contributed by atoms with Gasteiger partial charge in [0.25, 0.3) is 0 Å². The van der Waals surface area contributed by atoms with E-state index in [0.29, 0.717) is 15.8 Å². The van der Waals surface area contributed by atoms with E-state index in [-0.39, 0.29) is 17.2 Å². The summed E-state index contributed by atoms with van der Waals surface area (Å²) in [5.74, 6) is -0.335. The highest BCUT2D eigenvalue weighted by Crippen LogP contribution is 2.23. The summed E-state index contributed by atoms with van der Waals surface area (Å²) in [7, 11) is 0. The number of thioether (sulfide) groups is 1. The summed E-state index contributed by atoms with van der Waals surface area (Å²) in [6.07, 6.45) is 0. The highest BCUT2D eigenvalue weighted by Gasteiger charge is 2.13. The molecule has 0 spiro atoms. The Balaban J connectivity index is 1.82. The first-order valence-corrected chi connectivity index (χ1v) is 8.40. The first-order chi connectivity index (χ1) is 10.1. The molecule has 0 aliphatic carbocycles. The quantitative estimate of drug-likeness (QED) is 0.834. The molecule has 7 heteroatoms. The third-order valence-corrected chi connectivity index (χ3v) is 4.61. The summed E-state index contributed by atoms with van der Waals surface area (Å²) >= 11 is 8.53. The largest absolute Gasteiger partial charge is 0.478 e. The Labute approximate surface area is 135 Å². The average molecular weight is 342 g/mol. The van der Waals surface area contributed by atoms with Crippen molar-refractivity contribution in [2.75, 3.05) is 11.1 Å². The number of anilines is 1. The van der Waals surface area contributed by atoms with Crippen molar-refractivity contribution in [2.24, 2.45) is 0 Å². The lowest BCUT2D eigenvalue weighted by Gasteiger charge is -2.05. The fraction of sp³-hybridized carbons (Fsp3) is 0.143. The van der Waals surface area contributed by atoms with Gasteiger partial charge in [-0.15, -0.1) is 23.1 Å². The lowest BCUT2D eigenvalue weighted by Crippen LogP contribution is -2.15. The number of carboxylic acid groups (broad SMARTS) is 1. The molecule has 0 atom stereocenters. The highest BCUT2D eigenvalue weighted by atomic mass is 35.5. The number of hydrogen-bond donors (Lipinski definition) is 2. The summed E-state index contributed by atoms with van der Waals surface area (Å²) in [5, 5.41) is 14.3. The van der Waals surface area contributed by atoms with E-state index in [1.165, 1.54) is 29.2 Å². The normalized spacial score (nSPS) is 10.3. The maximum Gasteiger partial charge on any atom is 0.338 e. The molecule has 0 fully saturated rings. The molecule has 0 aliphatic heterocycles. The monoisotopic (exact) mass is 341 g/mol. The van der Waals surface area contributed by atoms with Crippen LogP contribution in [0.3, 0.4) is 0 Å². The van der Waals surface area contributed by atoms with Crippen LogP contribution in [0.15, 0.2) is 35.7 Å². The lowest BCUT2D eigenvalue weighted by atomic mass is 10.2. The smallest absolute Gasteiger partial charge is 0.338 e. The molecule has 1 amide bonds. The van der Waals surface area contributed by atoms with Crippen molar-refractivity contribution in [3.05, 3.63) is 51.9 Å². The first kappa shape index (κ1) is 15.9. The van der Waals surface area contributed by atoms with Crippen molar-refractivity contribution < 1.29 is 14.7 Å². The van der Waals surface area contributed by atoms with Gasteiger partial charge in [-0.1, -0.05) is 23.7 Å². The molecule has 2 aromatic rings. The minimum atomic E-state index is -1.04. The predicted octanol–water partition coefficient (Wildman–Crippen LogP) is 3.97. The second kappa shape index (κ2) is 7.49. The van der Waals surface area contributed by atoms with E-state index in [2.05, 4.69) is 5.32 Å². The Morgan fingerprint density at radius 2 is 2.14 bits per heavy atom. The highest BCUT2D eigenvalue weighted by molar-refractivity contribution is 7.99. The van der Waals surface area contributed by atoms with Crippen LogP contribution in [-0.4, -0.2) is 22.7 Å². The second-order valence-electron chi connectivity index (χ2n) is 4.14. The van der Waals surface area contributed by atoms with Crippen molar-refractivity contribution in [2.45, 2.75) is 5.75 Å². The van der Waals surface area contributed by atoms with Gasteiger partial charge in [0.15, 0.2) is 0 Å². The van der Waals surface area contributed by atoms with Crippen molar-refractivity contribution in [3.63, 3.8) is 0 Å². The molecular formula is C14H12ClNO3S2. The molecule has 1 heterocycles. The third kappa shape index (κ3) is 4.77. The van der Waals surface area contributed by atoms with E-state index in [0.717, 1.165) is 5.56 Å². The fourth-order valence-corrected chi connectivity index (χ4v) is 3.41. The molecule has 2 rings (SSSR count). The zero-order valence-corrected chi connectivity index (χ0v) is 13.2. The van der Waals surface area contributed by atoms with E-state index in [9.17, 15) is 9.59 Å². The number of benzene rings is 1. The minimum Gasteiger partial charge on any atom is -0.478 e. The summed E-state index contributed by atoms with van der Waals surface area (Å²) in [6, 6.07) is 8.93. The molecule has 110 valence electrons. The zero-order valence-electron chi connectivity index (χ0n) is 10.8. The number of carbonyl (C=O) groups is 2. The number of aromatic carboxylic acids is 1. The first-order valence-electron chi connectivity index (χ1n) is 5.99. The molecule has 0 saturated carbocycles. The van der Waals surface area contributed by atoms with Gasteiger partial charge in [0.05, 0.1) is 11.3 Å². The maximum absolute atomic E-state index is 11.8. The number of thiophene rings is 1. The van der Waals surface area contributed by atoms with Gasteiger partial charge in [0, 0.05) is 10.8 Å². The van der Waals surface area contributed by atoms with Gasteiger partial charge >= 0.3 is 5.97 Å². The molecule has 2 N–H and O–H groups in total. The van der Waals surface area contributed by atoms with E-state index in [4.69, 9.17) is 16.7 Å². The topological polar surface area (TPSA) is 66.4 Å². The van der Waals surface area contributed by atoms with Gasteiger partial charge in [-0.2, -0.15) is 0 Å². The molecule has 0 unspecified atom stereocenters. The zero-order chi connectivity index (χ0) is 15.2. The van der Waals surface area contributed by atoms with Crippen LogP contribution in [-0.2, 0) is 10.5 Å². The summed E-state index contributed by atoms with van der Waals surface area (Å²) in [6.45, 7) is 0. The number of hydrogen-bond acceptors (Lipinski definition) is 4. The van der Waals surface area contributed by atoms with Crippen molar-refractivity contribution in [3.8, 4) is 0 Å². The van der Waals surface area contributed by atoms with E-state index in [1.54, 1.807) is 11.4 Å². The molecule has 0 radical (unpaired) electrons. The van der Waals surface area contributed by atoms with Gasteiger partial charge in [-0.25, -0.2) is 4.79 Å². The second-order valence-corrected chi connectivity index (χ2v) is 6.48. The van der Waals surface area contributed by atoms with Crippen LogP contribution in [0.4, 0.5) is 5.00 Å². The number of rotatable bonds is 6. The van der Waals surface area contributed by atoms with Crippen LogP contribution in [0, 0.1) is 0 Å². The van der Waals surface area contributed by atoms with E-state index in [1.807, 2.05) is 18.2 Å². The summed E-state index contributed by atoms with van der Waals surface area (Å²) in [4.78, 5) is 22.7. The number of carboxylic acids is 1. The van der Waals surface area contributed by atoms with Gasteiger partial charge in [-0.05, 0) is 29.1 Å². The molecular weight excluding hydrogens is 330 g/mol. The van der Waals surface area contributed by atoms with Crippen molar-refractivity contribution in [1.82, 2.24) is 0 Å². The Morgan fingerprint density at radius 1 is 1.33 bits per heavy atom. The van der Waals surface area contributed by atoms with E-state index >= 15 is 0 Å². The number of nitrogens with one attached hydrogen (secondary N) is 1. The minimum absolute atomic E-state index is 0.119. The number of amides is 1. The Hall–Kier alpha value is -1.50. The molecule has 0 aliphatic rings. The lowest BCUT2D eigenvalue weighted by molar-refractivity contribution is -0.113. The predicted molar refractivity (Wildman–Crippen MR) is 87.5 cm³/mol. The molecule has 4 nitrogen and oxygen atoms in total. The summed E-state index contributed by atoms with van der Waals surface area (Å²) in [5.41, 5.74) is 1.16. The van der Waals surface area contributed by atoms with Crippen LogP contribution in [0.25, 0.3) is 0 Å². The third-order valence-electron chi connectivity index (χ3n) is 2.54. The maximum atomic E-state index is 11.8. The molecule has 21 heavy (non-hydrogen) atoms. The van der Waals surface area contributed by atoms with Gasteiger partial charge < -0.3 is 10.4 Å². The van der Waals surface area contributed by atoms with E-state index < -0.39 is 5.97 Å². The molecule has 0 saturated heterocycles. The fourth-order valence-electron chi connectivity index (χ4n) is 1.63. The SMILES string of the molecule is O=C(CSCc1cccc(Cl)c1)Nc1sccc1C(=O)O. The standard InChI is InChI=1S/C14H12ClNO3S2/c15-10-3-1-2-9(6-10)7-20-8-12(17)16-13-11(14(18)19)4-5-21-13/h1-6H,7-8H2,(H,16,17)(H,18,19). The molecule has 1 aromatic heterocycles. The Morgan fingerprint density at radius 3 is 2.86 bits per heavy atom. The van der Waals surface area contributed by atoms with Crippen molar-refractivity contribution >= 4 is 51.6 Å². The Bertz CT molecular complexity index is 657. The molecule has 1 aromatic carbocycles.